The first-order chi connectivity index (χ1) is 7.18. The lowest BCUT2D eigenvalue weighted by Gasteiger charge is -2.01. The normalized spacial score (nSPS) is 10.6. The number of hydrogen-bond acceptors (Lipinski definition) is 1. The molecule has 1 aromatic heterocycles. The number of aryl methyl sites for hydroxylation is 1. The van der Waals surface area contributed by atoms with Crippen LogP contribution in [-0.4, -0.2) is 9.55 Å². The van der Waals surface area contributed by atoms with E-state index >= 15 is 0 Å². The van der Waals surface area contributed by atoms with Gasteiger partial charge in [0, 0.05) is 13.5 Å². The van der Waals surface area contributed by atoms with Crippen LogP contribution in [-0.2, 0) is 13.5 Å². The van der Waals surface area contributed by atoms with E-state index in [0.717, 1.165) is 10.3 Å². The van der Waals surface area contributed by atoms with E-state index in [-0.39, 0.29) is 5.82 Å². The van der Waals surface area contributed by atoms with Crippen molar-refractivity contribution in [3.63, 3.8) is 0 Å². The van der Waals surface area contributed by atoms with Crippen LogP contribution in [0.15, 0.2) is 35.2 Å². The van der Waals surface area contributed by atoms with E-state index in [0.29, 0.717) is 12.0 Å². The summed E-state index contributed by atoms with van der Waals surface area (Å²) in [6, 6.07) is 6.75. The zero-order valence-electron chi connectivity index (χ0n) is 8.24. The average Bonchev–Trinajstić information content (AvgIpc) is 2.53. The predicted octanol–water partition coefficient (Wildman–Crippen LogP) is 2.91. The fourth-order valence-electron chi connectivity index (χ4n) is 1.40. The standard InChI is InChI=1S/C11H10BrFN2/c1-15-7-14-10(11(15)12)6-8-4-2-3-5-9(8)13/h2-5,7H,6H2,1H3. The highest BCUT2D eigenvalue weighted by molar-refractivity contribution is 9.10. The van der Waals surface area contributed by atoms with Gasteiger partial charge in [-0.05, 0) is 27.6 Å². The van der Waals surface area contributed by atoms with Crippen molar-refractivity contribution in [2.75, 3.05) is 0 Å². The van der Waals surface area contributed by atoms with E-state index in [1.54, 1.807) is 18.5 Å². The van der Waals surface area contributed by atoms with E-state index < -0.39 is 0 Å². The highest BCUT2D eigenvalue weighted by Crippen LogP contribution is 2.19. The Balaban J connectivity index is 2.30. The molecule has 0 fully saturated rings. The second-order valence-electron chi connectivity index (χ2n) is 3.36. The molecular formula is C11H10BrFN2. The molecule has 0 spiro atoms. The first-order valence-corrected chi connectivity index (χ1v) is 5.37. The molecule has 4 heteroatoms. The van der Waals surface area contributed by atoms with Crippen LogP contribution in [0.2, 0.25) is 0 Å². The molecule has 1 heterocycles. The summed E-state index contributed by atoms with van der Waals surface area (Å²) >= 11 is 3.41. The molecule has 0 aliphatic carbocycles. The molecule has 0 saturated carbocycles. The van der Waals surface area contributed by atoms with Gasteiger partial charge in [-0.1, -0.05) is 18.2 Å². The van der Waals surface area contributed by atoms with E-state index in [1.165, 1.54) is 6.07 Å². The summed E-state index contributed by atoms with van der Waals surface area (Å²) in [5.41, 5.74) is 1.51. The minimum Gasteiger partial charge on any atom is -0.328 e. The number of benzene rings is 1. The van der Waals surface area contributed by atoms with Crippen molar-refractivity contribution < 1.29 is 4.39 Å². The van der Waals surface area contributed by atoms with Crippen LogP contribution >= 0.6 is 15.9 Å². The number of rotatable bonds is 2. The van der Waals surface area contributed by atoms with Crippen molar-refractivity contribution in [3.8, 4) is 0 Å². The van der Waals surface area contributed by atoms with Crippen molar-refractivity contribution in [1.82, 2.24) is 9.55 Å². The molecule has 0 N–H and O–H groups in total. The zero-order valence-corrected chi connectivity index (χ0v) is 9.83. The second-order valence-corrected chi connectivity index (χ2v) is 4.11. The molecule has 2 aromatic rings. The fraction of sp³-hybridized carbons (Fsp3) is 0.182. The molecule has 15 heavy (non-hydrogen) atoms. The van der Waals surface area contributed by atoms with Crippen molar-refractivity contribution in [2.24, 2.45) is 7.05 Å². The molecular weight excluding hydrogens is 259 g/mol. The van der Waals surface area contributed by atoms with Gasteiger partial charge in [0.15, 0.2) is 0 Å². The Bertz CT molecular complexity index is 479. The summed E-state index contributed by atoms with van der Waals surface area (Å²) in [5.74, 6) is -0.185. The van der Waals surface area contributed by atoms with Gasteiger partial charge in [-0.2, -0.15) is 0 Å². The smallest absolute Gasteiger partial charge is 0.126 e. The summed E-state index contributed by atoms with van der Waals surface area (Å²) in [4.78, 5) is 4.20. The minimum absolute atomic E-state index is 0.185. The lowest BCUT2D eigenvalue weighted by molar-refractivity contribution is 0.613. The Labute approximate surface area is 95.9 Å². The van der Waals surface area contributed by atoms with Gasteiger partial charge in [-0.25, -0.2) is 9.37 Å². The highest BCUT2D eigenvalue weighted by Gasteiger charge is 2.08. The lowest BCUT2D eigenvalue weighted by Crippen LogP contribution is -1.94. The molecule has 0 unspecified atom stereocenters. The quantitative estimate of drug-likeness (QED) is 0.819. The van der Waals surface area contributed by atoms with E-state index in [4.69, 9.17) is 0 Å². The Morgan fingerprint density at radius 3 is 2.73 bits per heavy atom. The first-order valence-electron chi connectivity index (χ1n) is 4.57. The summed E-state index contributed by atoms with van der Waals surface area (Å²) < 4.78 is 16.1. The van der Waals surface area contributed by atoms with Gasteiger partial charge in [-0.3, -0.25) is 0 Å². The molecule has 2 nitrogen and oxygen atoms in total. The Hall–Kier alpha value is -1.16. The summed E-state index contributed by atoms with van der Waals surface area (Å²) in [6.07, 6.45) is 2.22. The molecule has 0 saturated heterocycles. The van der Waals surface area contributed by atoms with Gasteiger partial charge in [0.05, 0.1) is 12.0 Å². The van der Waals surface area contributed by atoms with Crippen molar-refractivity contribution in [1.29, 1.82) is 0 Å². The van der Waals surface area contributed by atoms with Crippen LogP contribution in [0.3, 0.4) is 0 Å². The van der Waals surface area contributed by atoms with Crippen LogP contribution in [0, 0.1) is 5.82 Å². The van der Waals surface area contributed by atoms with Crippen molar-refractivity contribution in [2.45, 2.75) is 6.42 Å². The lowest BCUT2D eigenvalue weighted by atomic mass is 10.1. The Kier molecular flexibility index (Phi) is 2.86. The first kappa shape index (κ1) is 10.4. The van der Waals surface area contributed by atoms with Gasteiger partial charge in [0.1, 0.15) is 10.4 Å². The minimum atomic E-state index is -0.185. The number of aromatic nitrogens is 2. The highest BCUT2D eigenvalue weighted by atomic mass is 79.9. The Morgan fingerprint density at radius 2 is 2.13 bits per heavy atom. The molecule has 2 rings (SSSR count). The molecule has 0 radical (unpaired) electrons. The van der Waals surface area contributed by atoms with Gasteiger partial charge in [-0.15, -0.1) is 0 Å². The molecule has 0 amide bonds. The number of nitrogens with zero attached hydrogens (tertiary/aromatic N) is 2. The van der Waals surface area contributed by atoms with Crippen molar-refractivity contribution in [3.05, 3.63) is 52.3 Å². The third-order valence-electron chi connectivity index (χ3n) is 2.25. The molecule has 0 aliphatic rings. The van der Waals surface area contributed by atoms with Crippen LogP contribution in [0.5, 0.6) is 0 Å². The average molecular weight is 269 g/mol. The SMILES string of the molecule is Cn1cnc(Cc2ccccc2F)c1Br. The zero-order chi connectivity index (χ0) is 10.8. The summed E-state index contributed by atoms with van der Waals surface area (Å²) in [6.45, 7) is 0. The maximum atomic E-state index is 13.4. The monoisotopic (exact) mass is 268 g/mol. The summed E-state index contributed by atoms with van der Waals surface area (Å²) in [5, 5.41) is 0. The number of imidazole rings is 1. The van der Waals surface area contributed by atoms with Gasteiger partial charge < -0.3 is 4.57 Å². The molecule has 1 aromatic carbocycles. The third kappa shape index (κ3) is 2.09. The van der Waals surface area contributed by atoms with Crippen molar-refractivity contribution >= 4 is 15.9 Å². The van der Waals surface area contributed by atoms with E-state index in [1.807, 2.05) is 17.7 Å². The second kappa shape index (κ2) is 4.14. The van der Waals surface area contributed by atoms with E-state index in [2.05, 4.69) is 20.9 Å². The maximum Gasteiger partial charge on any atom is 0.126 e. The molecule has 0 atom stereocenters. The predicted molar refractivity (Wildman–Crippen MR) is 60.1 cm³/mol. The van der Waals surface area contributed by atoms with Gasteiger partial charge in [0.25, 0.3) is 0 Å². The largest absolute Gasteiger partial charge is 0.328 e. The third-order valence-corrected chi connectivity index (χ3v) is 3.27. The Morgan fingerprint density at radius 1 is 1.40 bits per heavy atom. The van der Waals surface area contributed by atoms with Gasteiger partial charge >= 0.3 is 0 Å². The molecule has 0 bridgehead atoms. The van der Waals surface area contributed by atoms with Crippen LogP contribution in [0.1, 0.15) is 11.3 Å². The molecule has 78 valence electrons. The van der Waals surface area contributed by atoms with Crippen LogP contribution in [0.4, 0.5) is 4.39 Å². The summed E-state index contributed by atoms with van der Waals surface area (Å²) in [7, 11) is 1.89. The van der Waals surface area contributed by atoms with Crippen LogP contribution in [0.25, 0.3) is 0 Å². The maximum absolute atomic E-state index is 13.4. The topological polar surface area (TPSA) is 17.8 Å². The molecule has 0 aliphatic heterocycles. The fourth-order valence-corrected chi connectivity index (χ4v) is 1.74. The number of halogens is 2. The van der Waals surface area contributed by atoms with Gasteiger partial charge in [0.2, 0.25) is 0 Å². The van der Waals surface area contributed by atoms with E-state index in [9.17, 15) is 4.39 Å². The van der Waals surface area contributed by atoms with Crippen LogP contribution < -0.4 is 0 Å². The number of hydrogen-bond donors (Lipinski definition) is 0.